The van der Waals surface area contributed by atoms with Crippen LogP contribution in [0.4, 0.5) is 0 Å². The van der Waals surface area contributed by atoms with Gasteiger partial charge in [-0.25, -0.2) is 4.18 Å². The molecule has 0 aromatic heterocycles. The predicted octanol–water partition coefficient (Wildman–Crippen LogP) is 4.83. The van der Waals surface area contributed by atoms with Gasteiger partial charge in [0, 0.05) is 0 Å². The number of carboxylic acids is 2. The summed E-state index contributed by atoms with van der Waals surface area (Å²) < 4.78 is 49.8. The van der Waals surface area contributed by atoms with Gasteiger partial charge in [0.25, 0.3) is 0 Å². The number of ether oxygens (including phenoxy) is 2. The molecule has 0 aromatic rings. The molecule has 1 aliphatic heterocycles. The van der Waals surface area contributed by atoms with Crippen molar-refractivity contribution in [1.82, 2.24) is 0 Å². The Labute approximate surface area is 289 Å². The van der Waals surface area contributed by atoms with Gasteiger partial charge in [-0.3, -0.25) is 14.1 Å². The predicted molar refractivity (Wildman–Crippen MR) is 176 cm³/mol. The molecule has 6 rings (SSSR count). The van der Waals surface area contributed by atoms with Crippen LogP contribution in [0.3, 0.4) is 0 Å². The van der Waals surface area contributed by atoms with Crippen LogP contribution in [0.25, 0.3) is 0 Å². The van der Waals surface area contributed by atoms with Crippen LogP contribution in [0.2, 0.25) is 0 Å². The Morgan fingerprint density at radius 3 is 2.16 bits per heavy atom. The van der Waals surface area contributed by atoms with E-state index in [0.29, 0.717) is 57.3 Å². The maximum absolute atomic E-state index is 13.8. The lowest BCUT2D eigenvalue weighted by atomic mass is 9.33. The van der Waals surface area contributed by atoms with E-state index in [4.69, 9.17) is 13.7 Å². The Hall–Kier alpha value is -1.61. The van der Waals surface area contributed by atoms with Gasteiger partial charge in [0.15, 0.2) is 12.4 Å². The minimum absolute atomic E-state index is 0.00556. The Balaban J connectivity index is 1.34. The van der Waals surface area contributed by atoms with E-state index in [1.165, 1.54) is 6.92 Å². The van der Waals surface area contributed by atoms with Crippen LogP contribution in [0.15, 0.2) is 11.6 Å². The summed E-state index contributed by atoms with van der Waals surface area (Å²) in [7, 11) is -5.01. The van der Waals surface area contributed by atoms with Crippen LogP contribution < -0.4 is 0 Å². The smallest absolute Gasteiger partial charge is 0.397 e. The van der Waals surface area contributed by atoms with Gasteiger partial charge in [-0.15, -0.1) is 0 Å². The van der Waals surface area contributed by atoms with Gasteiger partial charge < -0.3 is 29.9 Å². The lowest BCUT2D eigenvalue weighted by molar-refractivity contribution is -0.320. The number of hydrogen-bond donors (Lipinski definition) is 5. The highest BCUT2D eigenvalue weighted by atomic mass is 32.3. The van der Waals surface area contributed by atoms with Crippen LogP contribution in [0, 0.1) is 56.7 Å². The van der Waals surface area contributed by atoms with Crippen LogP contribution >= 0.6 is 0 Å². The van der Waals surface area contributed by atoms with Gasteiger partial charge in [-0.05, 0) is 111 Å². The highest BCUT2D eigenvalue weighted by molar-refractivity contribution is 7.80. The number of fused-ring (bicyclic) bond motifs is 7. The summed E-state index contributed by atoms with van der Waals surface area (Å²) in [6.45, 7) is 14.4. The van der Waals surface area contributed by atoms with Crippen molar-refractivity contribution in [1.29, 1.82) is 0 Å². The fourth-order valence-electron chi connectivity index (χ4n) is 12.7. The van der Waals surface area contributed by atoms with Crippen molar-refractivity contribution in [2.45, 2.75) is 143 Å². The van der Waals surface area contributed by atoms with Crippen molar-refractivity contribution in [3.05, 3.63) is 11.6 Å². The second-order valence-electron chi connectivity index (χ2n) is 17.7. The molecule has 5 fully saturated rings. The van der Waals surface area contributed by atoms with E-state index in [1.54, 1.807) is 0 Å². The molecule has 1 saturated heterocycles. The zero-order chi connectivity index (χ0) is 36.3. The van der Waals surface area contributed by atoms with Crippen molar-refractivity contribution < 1.29 is 56.6 Å². The molecule has 5 N–H and O–H groups in total. The molecular weight excluding hydrogens is 656 g/mol. The van der Waals surface area contributed by atoms with E-state index < -0.39 is 80.8 Å². The fourth-order valence-corrected chi connectivity index (χ4v) is 13.2. The third-order valence-electron chi connectivity index (χ3n) is 15.5. The van der Waals surface area contributed by atoms with E-state index >= 15 is 0 Å². The average molecular weight is 713 g/mol. The van der Waals surface area contributed by atoms with Crippen molar-refractivity contribution in [2.24, 2.45) is 56.7 Å². The first-order valence-electron chi connectivity index (χ1n) is 18.1. The number of rotatable bonds is 6. The van der Waals surface area contributed by atoms with Crippen LogP contribution in [0.1, 0.15) is 106 Å². The second-order valence-corrected chi connectivity index (χ2v) is 18.7. The zero-order valence-corrected chi connectivity index (χ0v) is 30.6. The molecule has 5 aliphatic carbocycles. The monoisotopic (exact) mass is 712 g/mol. The molecule has 13 heteroatoms. The molecule has 49 heavy (non-hydrogen) atoms. The molecule has 6 aliphatic rings. The number of carbonyl (C=O) groups is 2. The Kier molecular flexibility index (Phi) is 9.07. The quantitative estimate of drug-likeness (QED) is 0.143. The van der Waals surface area contributed by atoms with Crippen LogP contribution in [0.5, 0.6) is 0 Å². The van der Waals surface area contributed by atoms with Crippen molar-refractivity contribution in [3.63, 3.8) is 0 Å². The fraction of sp³-hybridized carbons (Fsp3) is 0.889. The first kappa shape index (κ1) is 37.2. The molecule has 15 atom stereocenters. The molecule has 0 bridgehead atoms. The summed E-state index contributed by atoms with van der Waals surface area (Å²) in [5.41, 5.74) is -2.69. The van der Waals surface area contributed by atoms with E-state index in [0.717, 1.165) is 12.0 Å². The van der Waals surface area contributed by atoms with Gasteiger partial charge in [-0.2, -0.15) is 8.42 Å². The lowest BCUT2D eigenvalue weighted by Crippen LogP contribution is -2.68. The standard InChI is InChI=1S/C36H56O12S/c1-18-10-15-35(30(39)40)16-17-36(31(41)42)21(25(35)19(18)2)8-9-23-33(6)13-12-24(32(4,5)22(33)11-14-34(23,36)7)47-29-28(48-49(43,44)45)27(38)26(37)20(3)46-29/h8,18-20,22-29,37-38H,9-17H2,1-7H3,(H,39,40)(H,41,42)(H,43,44,45)/t18-,19+,20-,22+,23-,24+,25+,26-,27+,28-,29+,33+,34-,35+,36-/m1/s1. The summed E-state index contributed by atoms with van der Waals surface area (Å²) in [6, 6.07) is 0. The normalized spacial score (nSPS) is 50.9. The summed E-state index contributed by atoms with van der Waals surface area (Å²) in [5, 5.41) is 43.1. The summed E-state index contributed by atoms with van der Waals surface area (Å²) in [5.74, 6) is -1.55. The topological polar surface area (TPSA) is 197 Å². The molecule has 0 spiro atoms. The Morgan fingerprint density at radius 1 is 0.878 bits per heavy atom. The third kappa shape index (κ3) is 5.22. The highest BCUT2D eigenvalue weighted by Crippen LogP contribution is 2.76. The minimum atomic E-state index is -5.01. The minimum Gasteiger partial charge on any atom is -0.481 e. The van der Waals surface area contributed by atoms with Crippen LogP contribution in [-0.2, 0) is 33.6 Å². The molecular formula is C36H56O12S. The van der Waals surface area contributed by atoms with Gasteiger partial charge in [0.05, 0.1) is 23.0 Å². The zero-order valence-electron chi connectivity index (χ0n) is 29.8. The van der Waals surface area contributed by atoms with E-state index in [2.05, 4.69) is 47.6 Å². The molecule has 0 radical (unpaired) electrons. The largest absolute Gasteiger partial charge is 0.481 e. The molecule has 0 amide bonds. The summed E-state index contributed by atoms with van der Waals surface area (Å²) >= 11 is 0. The molecule has 4 saturated carbocycles. The van der Waals surface area contributed by atoms with Gasteiger partial charge in [-0.1, -0.05) is 53.2 Å². The molecule has 0 unspecified atom stereocenters. The highest BCUT2D eigenvalue weighted by Gasteiger charge is 2.73. The van der Waals surface area contributed by atoms with Crippen molar-refractivity contribution >= 4 is 22.3 Å². The summed E-state index contributed by atoms with van der Waals surface area (Å²) in [4.78, 5) is 26.9. The molecule has 12 nitrogen and oxygen atoms in total. The SMILES string of the molecule is C[C@H]1[C@H](C)CC[C@]2(C(=O)O)CC[C@]3(C(=O)O)C(=CC[C@@H]4[C@@]5(C)CC[C@H](O[C@@H]6O[C@H](C)[C@@H](O)[C@H](O)[C@H]6OS(=O)(=O)O)C(C)(C)[C@@H]5CC[C@]43C)[C@H]12. The van der Waals surface area contributed by atoms with Crippen molar-refractivity contribution in [2.75, 3.05) is 0 Å². The Morgan fingerprint density at radius 2 is 1.55 bits per heavy atom. The third-order valence-corrected chi connectivity index (χ3v) is 15.9. The molecule has 0 aromatic carbocycles. The number of aliphatic carboxylic acids is 2. The van der Waals surface area contributed by atoms with E-state index in [9.17, 15) is 43.0 Å². The van der Waals surface area contributed by atoms with Crippen LogP contribution in [-0.4, -0.2) is 82.1 Å². The van der Waals surface area contributed by atoms with E-state index in [-0.39, 0.29) is 29.1 Å². The lowest BCUT2D eigenvalue weighted by Gasteiger charge is -2.70. The number of allylic oxidation sites excluding steroid dienone is 1. The molecule has 278 valence electrons. The first-order chi connectivity index (χ1) is 22.6. The van der Waals surface area contributed by atoms with Gasteiger partial charge in [0.1, 0.15) is 12.2 Å². The number of carboxylic acid groups (broad SMARTS) is 2. The average Bonchev–Trinajstić information content (AvgIpc) is 2.99. The van der Waals surface area contributed by atoms with Gasteiger partial charge in [0.2, 0.25) is 0 Å². The van der Waals surface area contributed by atoms with E-state index in [1.807, 2.05) is 0 Å². The van der Waals surface area contributed by atoms with Crippen molar-refractivity contribution in [3.8, 4) is 0 Å². The summed E-state index contributed by atoms with van der Waals surface area (Å²) in [6.07, 6.45) is -0.150. The maximum Gasteiger partial charge on any atom is 0.397 e. The number of hydrogen-bond acceptors (Lipinski definition) is 9. The Bertz CT molecular complexity index is 1490. The first-order valence-corrected chi connectivity index (χ1v) is 19.4. The number of aliphatic hydroxyl groups is 2. The second kappa shape index (κ2) is 12.0. The number of aliphatic hydroxyl groups excluding tert-OH is 2. The van der Waals surface area contributed by atoms with Gasteiger partial charge >= 0.3 is 22.3 Å². The molecule has 1 heterocycles. The maximum atomic E-state index is 13.8.